The highest BCUT2D eigenvalue weighted by Gasteiger charge is 2.24. The second-order valence-electron chi connectivity index (χ2n) is 4.13. The standard InChI is InChI=1S/C12H16BrFN2O.ClH/c13-10-3-1-2-9(12(10)17)11(8-14)16-6-4-15-5-7-16;/h1-3,11,15,17H,4-8H2;1H/t11-;/m1./s1. The van der Waals surface area contributed by atoms with Crippen LogP contribution in [0.15, 0.2) is 22.7 Å². The molecule has 1 aromatic rings. The zero-order chi connectivity index (χ0) is 12.3. The van der Waals surface area contributed by atoms with Gasteiger partial charge in [-0.1, -0.05) is 12.1 Å². The number of hydrogen-bond donors (Lipinski definition) is 2. The Bertz CT molecular complexity index is 388. The quantitative estimate of drug-likeness (QED) is 0.888. The Balaban J connectivity index is 0.00000162. The molecule has 6 heteroatoms. The van der Waals surface area contributed by atoms with Crippen molar-refractivity contribution in [3.63, 3.8) is 0 Å². The number of phenols is 1. The van der Waals surface area contributed by atoms with E-state index in [1.807, 2.05) is 6.07 Å². The second kappa shape index (κ2) is 7.28. The van der Waals surface area contributed by atoms with E-state index in [0.717, 1.165) is 26.2 Å². The average Bonchev–Trinajstić information content (AvgIpc) is 2.37. The maximum Gasteiger partial charge on any atom is 0.134 e. The zero-order valence-electron chi connectivity index (χ0n) is 9.90. The number of benzene rings is 1. The van der Waals surface area contributed by atoms with Crippen LogP contribution in [0.3, 0.4) is 0 Å². The first-order valence-electron chi connectivity index (χ1n) is 5.72. The number of halogens is 3. The van der Waals surface area contributed by atoms with Crippen molar-refractivity contribution in [2.24, 2.45) is 0 Å². The molecule has 0 amide bonds. The molecule has 1 aliphatic rings. The molecule has 1 heterocycles. The molecular formula is C12H17BrClFN2O. The molecule has 1 aromatic carbocycles. The van der Waals surface area contributed by atoms with Crippen molar-refractivity contribution in [3.8, 4) is 5.75 Å². The molecule has 1 fully saturated rings. The van der Waals surface area contributed by atoms with Crippen LogP contribution in [0.25, 0.3) is 0 Å². The molecule has 102 valence electrons. The van der Waals surface area contributed by atoms with Crippen LogP contribution in [0.5, 0.6) is 5.75 Å². The van der Waals surface area contributed by atoms with Crippen LogP contribution < -0.4 is 5.32 Å². The summed E-state index contributed by atoms with van der Waals surface area (Å²) in [4.78, 5) is 2.07. The first-order chi connectivity index (χ1) is 8.24. The van der Waals surface area contributed by atoms with Gasteiger partial charge in [-0.2, -0.15) is 0 Å². The first-order valence-corrected chi connectivity index (χ1v) is 6.51. The van der Waals surface area contributed by atoms with Crippen LogP contribution in [-0.2, 0) is 0 Å². The summed E-state index contributed by atoms with van der Waals surface area (Å²) in [6.07, 6.45) is 0. The average molecular weight is 340 g/mol. The van der Waals surface area contributed by atoms with Gasteiger partial charge in [0.25, 0.3) is 0 Å². The van der Waals surface area contributed by atoms with Crippen LogP contribution in [-0.4, -0.2) is 42.9 Å². The van der Waals surface area contributed by atoms with Crippen LogP contribution >= 0.6 is 28.3 Å². The number of nitrogens with one attached hydrogen (secondary N) is 1. The number of hydrogen-bond acceptors (Lipinski definition) is 3. The summed E-state index contributed by atoms with van der Waals surface area (Å²) in [6, 6.07) is 5.01. The Morgan fingerprint density at radius 3 is 2.67 bits per heavy atom. The zero-order valence-corrected chi connectivity index (χ0v) is 12.3. The van der Waals surface area contributed by atoms with Gasteiger partial charge in [-0.3, -0.25) is 4.90 Å². The lowest BCUT2D eigenvalue weighted by Crippen LogP contribution is -2.45. The molecule has 3 nitrogen and oxygen atoms in total. The predicted octanol–water partition coefficient (Wildman–Crippen LogP) is 2.49. The van der Waals surface area contributed by atoms with E-state index >= 15 is 0 Å². The summed E-state index contributed by atoms with van der Waals surface area (Å²) in [5.41, 5.74) is 0.656. The number of phenolic OH excluding ortho intramolecular Hbond substituents is 1. The smallest absolute Gasteiger partial charge is 0.134 e. The summed E-state index contributed by atoms with van der Waals surface area (Å²) < 4.78 is 13.9. The Morgan fingerprint density at radius 2 is 2.06 bits per heavy atom. The minimum atomic E-state index is -0.482. The van der Waals surface area contributed by atoms with Gasteiger partial charge in [-0.15, -0.1) is 12.4 Å². The van der Waals surface area contributed by atoms with E-state index in [1.165, 1.54) is 0 Å². The van der Waals surface area contributed by atoms with Crippen molar-refractivity contribution in [3.05, 3.63) is 28.2 Å². The minimum absolute atomic E-state index is 0. The van der Waals surface area contributed by atoms with E-state index in [0.29, 0.717) is 10.0 Å². The van der Waals surface area contributed by atoms with Crippen LogP contribution in [0, 0.1) is 0 Å². The van der Waals surface area contributed by atoms with E-state index in [-0.39, 0.29) is 24.2 Å². The molecule has 1 atom stereocenters. The first kappa shape index (κ1) is 15.7. The van der Waals surface area contributed by atoms with Crippen molar-refractivity contribution in [2.45, 2.75) is 6.04 Å². The summed E-state index contributed by atoms with van der Waals surface area (Å²) >= 11 is 3.26. The number of rotatable bonds is 3. The van der Waals surface area contributed by atoms with Gasteiger partial charge < -0.3 is 10.4 Å². The molecule has 0 bridgehead atoms. The molecule has 0 saturated carbocycles. The Morgan fingerprint density at radius 1 is 1.39 bits per heavy atom. The fourth-order valence-corrected chi connectivity index (χ4v) is 2.55. The Hall–Kier alpha value is -0.360. The number of alkyl halides is 1. The maximum atomic E-state index is 13.3. The van der Waals surface area contributed by atoms with E-state index in [9.17, 15) is 9.50 Å². The molecule has 1 saturated heterocycles. The van der Waals surface area contributed by atoms with Crippen molar-refractivity contribution in [1.82, 2.24) is 10.2 Å². The van der Waals surface area contributed by atoms with Crippen LogP contribution in [0.1, 0.15) is 11.6 Å². The molecule has 0 radical (unpaired) electrons. The largest absolute Gasteiger partial charge is 0.506 e. The third kappa shape index (κ3) is 3.35. The predicted molar refractivity (Wildman–Crippen MR) is 76.2 cm³/mol. The van der Waals surface area contributed by atoms with Gasteiger partial charge in [0.05, 0.1) is 10.5 Å². The second-order valence-corrected chi connectivity index (χ2v) is 4.99. The minimum Gasteiger partial charge on any atom is -0.506 e. The number of para-hydroxylation sites is 1. The monoisotopic (exact) mass is 338 g/mol. The van der Waals surface area contributed by atoms with Crippen LogP contribution in [0.2, 0.25) is 0 Å². The summed E-state index contributed by atoms with van der Waals surface area (Å²) in [6.45, 7) is 2.86. The number of aromatic hydroxyl groups is 1. The van der Waals surface area contributed by atoms with Gasteiger partial charge in [0.1, 0.15) is 12.4 Å². The molecule has 0 unspecified atom stereocenters. The van der Waals surface area contributed by atoms with Crippen molar-refractivity contribution in [2.75, 3.05) is 32.9 Å². The van der Waals surface area contributed by atoms with Gasteiger partial charge in [0.2, 0.25) is 0 Å². The SMILES string of the molecule is Cl.Oc1c(Br)cccc1[C@@H](CF)N1CCNCC1. The summed E-state index contributed by atoms with van der Waals surface area (Å²) in [5.74, 6) is 0.147. The normalized spacial score (nSPS) is 18.1. The Kier molecular flexibility index (Phi) is 6.35. The maximum absolute atomic E-state index is 13.3. The van der Waals surface area contributed by atoms with Gasteiger partial charge in [-0.25, -0.2) is 4.39 Å². The molecule has 18 heavy (non-hydrogen) atoms. The fraction of sp³-hybridized carbons (Fsp3) is 0.500. The summed E-state index contributed by atoms with van der Waals surface area (Å²) in [5, 5.41) is 13.2. The van der Waals surface area contributed by atoms with Gasteiger partial charge in [0.15, 0.2) is 0 Å². The number of piperazine rings is 1. The van der Waals surface area contributed by atoms with Gasteiger partial charge in [0, 0.05) is 31.7 Å². The molecule has 2 rings (SSSR count). The lowest BCUT2D eigenvalue weighted by Gasteiger charge is -2.34. The fourth-order valence-electron chi connectivity index (χ4n) is 2.17. The van der Waals surface area contributed by atoms with Crippen molar-refractivity contribution < 1.29 is 9.50 Å². The van der Waals surface area contributed by atoms with E-state index in [1.54, 1.807) is 12.1 Å². The molecule has 1 aliphatic heterocycles. The highest BCUT2D eigenvalue weighted by atomic mass is 79.9. The van der Waals surface area contributed by atoms with E-state index < -0.39 is 6.67 Å². The van der Waals surface area contributed by atoms with Crippen molar-refractivity contribution >= 4 is 28.3 Å². The van der Waals surface area contributed by atoms with Crippen LogP contribution in [0.4, 0.5) is 4.39 Å². The van der Waals surface area contributed by atoms with Gasteiger partial charge >= 0.3 is 0 Å². The summed E-state index contributed by atoms with van der Waals surface area (Å²) in [7, 11) is 0. The lowest BCUT2D eigenvalue weighted by atomic mass is 10.0. The van der Waals surface area contributed by atoms with Gasteiger partial charge in [-0.05, 0) is 22.0 Å². The number of nitrogens with zero attached hydrogens (tertiary/aromatic N) is 1. The highest BCUT2D eigenvalue weighted by molar-refractivity contribution is 9.10. The van der Waals surface area contributed by atoms with E-state index in [2.05, 4.69) is 26.1 Å². The molecule has 2 N–H and O–H groups in total. The topological polar surface area (TPSA) is 35.5 Å². The lowest BCUT2D eigenvalue weighted by molar-refractivity contribution is 0.145. The van der Waals surface area contributed by atoms with E-state index in [4.69, 9.17) is 0 Å². The molecule has 0 spiro atoms. The van der Waals surface area contributed by atoms with Crippen molar-refractivity contribution in [1.29, 1.82) is 0 Å². The third-order valence-electron chi connectivity index (χ3n) is 3.12. The Labute approximate surface area is 121 Å². The molecular weight excluding hydrogens is 323 g/mol. The molecule has 0 aliphatic carbocycles. The third-order valence-corrected chi connectivity index (χ3v) is 3.76. The molecule has 0 aromatic heterocycles. The highest BCUT2D eigenvalue weighted by Crippen LogP contribution is 2.34.